The molecule has 2 aromatic rings. The zero-order chi connectivity index (χ0) is 21.7. The number of hydrogen-bond acceptors (Lipinski definition) is 3. The van der Waals surface area contributed by atoms with Crippen LogP contribution in [0.15, 0.2) is 47.5 Å². The monoisotopic (exact) mass is 559 g/mol. The molecule has 0 radical (unpaired) electrons. The summed E-state index contributed by atoms with van der Waals surface area (Å²) in [4.78, 5) is 3.95. The molecule has 0 fully saturated rings. The molecule has 0 bridgehead atoms. The van der Waals surface area contributed by atoms with Crippen LogP contribution in [0.25, 0.3) is 0 Å². The van der Waals surface area contributed by atoms with E-state index in [0.29, 0.717) is 18.2 Å². The van der Waals surface area contributed by atoms with Gasteiger partial charge in [-0.25, -0.2) is 12.8 Å². The van der Waals surface area contributed by atoms with Gasteiger partial charge in [0.25, 0.3) is 0 Å². The van der Waals surface area contributed by atoms with E-state index in [4.69, 9.17) is 0 Å². The molecule has 2 rings (SSSR count). The fourth-order valence-electron chi connectivity index (χ4n) is 2.61. The summed E-state index contributed by atoms with van der Waals surface area (Å²) in [5.74, 6) is -0.742. The molecule has 2 N–H and O–H groups in total. The standard InChI is InChI=1S/C19H21F4N3O2S.HI/c1-24-18(25-10-13-3-5-14(6-4-13)12-29(2,27)28)26-11-15-7-8-16(20)9-17(15)19(21,22)23;/h3-9H,10-12H2,1-2H3,(H2,24,25,26);1H. The average molecular weight is 559 g/mol. The van der Waals surface area contributed by atoms with Gasteiger partial charge in [-0.3, -0.25) is 4.99 Å². The summed E-state index contributed by atoms with van der Waals surface area (Å²) in [7, 11) is -1.65. The molecule has 11 heteroatoms. The van der Waals surface area contributed by atoms with E-state index < -0.39 is 27.4 Å². The van der Waals surface area contributed by atoms with Crippen molar-refractivity contribution < 1.29 is 26.0 Å². The number of sulfone groups is 1. The summed E-state index contributed by atoms with van der Waals surface area (Å²) in [6, 6.07) is 9.42. The Morgan fingerprint density at radius 2 is 1.57 bits per heavy atom. The molecule has 30 heavy (non-hydrogen) atoms. The van der Waals surface area contributed by atoms with Crippen LogP contribution < -0.4 is 10.6 Å². The minimum atomic E-state index is -4.66. The Balaban J connectivity index is 0.00000450. The van der Waals surface area contributed by atoms with E-state index in [-0.39, 0.29) is 47.8 Å². The first-order valence-corrected chi connectivity index (χ1v) is 10.6. The van der Waals surface area contributed by atoms with Crippen molar-refractivity contribution in [2.45, 2.75) is 25.0 Å². The Kier molecular flexibility index (Phi) is 9.53. The molecule has 166 valence electrons. The van der Waals surface area contributed by atoms with Crippen LogP contribution in [0.3, 0.4) is 0 Å². The van der Waals surface area contributed by atoms with Crippen LogP contribution in [0.5, 0.6) is 0 Å². The first-order valence-electron chi connectivity index (χ1n) is 8.53. The molecule has 0 amide bonds. The Bertz CT molecular complexity index is 978. The fourth-order valence-corrected chi connectivity index (χ4v) is 3.41. The molecule has 0 aliphatic rings. The average Bonchev–Trinajstić information content (AvgIpc) is 2.62. The summed E-state index contributed by atoms with van der Waals surface area (Å²) in [5.41, 5.74) is 0.353. The molecule has 0 spiro atoms. The van der Waals surface area contributed by atoms with E-state index >= 15 is 0 Å². The van der Waals surface area contributed by atoms with Crippen LogP contribution in [-0.4, -0.2) is 27.7 Å². The lowest BCUT2D eigenvalue weighted by atomic mass is 10.1. The Morgan fingerprint density at radius 1 is 1.00 bits per heavy atom. The summed E-state index contributed by atoms with van der Waals surface area (Å²) < 4.78 is 75.0. The third kappa shape index (κ3) is 8.46. The predicted molar refractivity (Wildman–Crippen MR) is 119 cm³/mol. The second-order valence-corrected chi connectivity index (χ2v) is 8.61. The maximum Gasteiger partial charge on any atom is 0.416 e. The Labute approximate surface area is 189 Å². The smallest absolute Gasteiger partial charge is 0.352 e. The number of nitrogens with zero attached hydrogens (tertiary/aromatic N) is 1. The molecule has 5 nitrogen and oxygen atoms in total. The number of hydrogen-bond donors (Lipinski definition) is 2. The first-order chi connectivity index (χ1) is 13.5. The van der Waals surface area contributed by atoms with Crippen molar-refractivity contribution in [1.82, 2.24) is 10.6 Å². The number of alkyl halides is 3. The molecule has 0 heterocycles. The summed E-state index contributed by atoms with van der Waals surface area (Å²) >= 11 is 0. The molecule has 0 aliphatic carbocycles. The van der Waals surface area contributed by atoms with Crippen LogP contribution in [0, 0.1) is 5.82 Å². The molecular weight excluding hydrogens is 537 g/mol. The second kappa shape index (κ2) is 10.9. The number of rotatable bonds is 6. The zero-order valence-electron chi connectivity index (χ0n) is 16.3. The third-order valence-corrected chi connectivity index (χ3v) is 4.82. The van der Waals surface area contributed by atoms with Gasteiger partial charge in [0.15, 0.2) is 15.8 Å². The second-order valence-electron chi connectivity index (χ2n) is 6.47. The summed E-state index contributed by atoms with van der Waals surface area (Å²) in [6.07, 6.45) is -3.51. The normalized spacial score (nSPS) is 12.3. The Morgan fingerprint density at radius 3 is 2.10 bits per heavy atom. The third-order valence-electron chi connectivity index (χ3n) is 3.96. The lowest BCUT2D eigenvalue weighted by molar-refractivity contribution is -0.138. The highest BCUT2D eigenvalue weighted by Crippen LogP contribution is 2.32. The van der Waals surface area contributed by atoms with E-state index in [9.17, 15) is 26.0 Å². The highest BCUT2D eigenvalue weighted by Gasteiger charge is 2.33. The molecule has 0 saturated carbocycles. The van der Waals surface area contributed by atoms with E-state index in [2.05, 4.69) is 15.6 Å². The largest absolute Gasteiger partial charge is 0.416 e. The van der Waals surface area contributed by atoms with Crippen LogP contribution in [0.1, 0.15) is 22.3 Å². The minimum Gasteiger partial charge on any atom is -0.352 e. The van der Waals surface area contributed by atoms with Gasteiger partial charge in [-0.05, 0) is 28.8 Å². The minimum absolute atomic E-state index is 0. The number of guanidine groups is 1. The summed E-state index contributed by atoms with van der Waals surface area (Å²) in [5, 5.41) is 5.73. The number of nitrogens with one attached hydrogen (secondary N) is 2. The van der Waals surface area contributed by atoms with E-state index in [1.54, 1.807) is 24.3 Å². The predicted octanol–water partition coefficient (Wildman–Crippen LogP) is 3.87. The Hall–Kier alpha value is -1.89. The zero-order valence-corrected chi connectivity index (χ0v) is 19.4. The lowest BCUT2D eigenvalue weighted by Crippen LogP contribution is -2.36. The SMILES string of the molecule is CN=C(NCc1ccc(CS(C)(=O)=O)cc1)NCc1ccc(F)cc1C(F)(F)F.I. The topological polar surface area (TPSA) is 70.6 Å². The van der Waals surface area contributed by atoms with Gasteiger partial charge in [0.2, 0.25) is 0 Å². The molecule has 0 aromatic heterocycles. The molecule has 0 unspecified atom stereocenters. The van der Waals surface area contributed by atoms with Gasteiger partial charge in [0.1, 0.15) is 5.82 Å². The van der Waals surface area contributed by atoms with Crippen molar-refractivity contribution in [3.05, 3.63) is 70.5 Å². The maximum absolute atomic E-state index is 13.2. The molecule has 0 aliphatic heterocycles. The molecular formula is C19H22F4IN3O2S. The highest BCUT2D eigenvalue weighted by atomic mass is 127. The first kappa shape index (κ1) is 26.1. The molecule has 2 aromatic carbocycles. The van der Waals surface area contributed by atoms with Crippen LogP contribution >= 0.6 is 24.0 Å². The number of halogens is 5. The van der Waals surface area contributed by atoms with Crippen LogP contribution in [0.2, 0.25) is 0 Å². The molecule has 0 atom stereocenters. The maximum atomic E-state index is 13.2. The van der Waals surface area contributed by atoms with E-state index in [1.165, 1.54) is 7.05 Å². The van der Waals surface area contributed by atoms with Gasteiger partial charge in [-0.2, -0.15) is 13.2 Å². The van der Waals surface area contributed by atoms with Crippen molar-refractivity contribution in [3.63, 3.8) is 0 Å². The number of aliphatic imine (C=N–C) groups is 1. The lowest BCUT2D eigenvalue weighted by Gasteiger charge is -2.16. The molecule has 0 saturated heterocycles. The summed E-state index contributed by atoms with van der Waals surface area (Å²) in [6.45, 7) is 0.135. The van der Waals surface area contributed by atoms with Crippen molar-refractivity contribution in [2.75, 3.05) is 13.3 Å². The quantitative estimate of drug-likeness (QED) is 0.244. The van der Waals surface area contributed by atoms with Gasteiger partial charge in [-0.1, -0.05) is 30.3 Å². The van der Waals surface area contributed by atoms with Gasteiger partial charge in [0.05, 0.1) is 11.3 Å². The fraction of sp³-hybridized carbons (Fsp3) is 0.316. The van der Waals surface area contributed by atoms with Gasteiger partial charge in [-0.15, -0.1) is 24.0 Å². The van der Waals surface area contributed by atoms with Crippen molar-refractivity contribution >= 4 is 39.8 Å². The highest BCUT2D eigenvalue weighted by molar-refractivity contribution is 14.0. The van der Waals surface area contributed by atoms with Gasteiger partial charge >= 0.3 is 6.18 Å². The number of benzene rings is 2. The van der Waals surface area contributed by atoms with Crippen LogP contribution in [0.4, 0.5) is 17.6 Å². The van der Waals surface area contributed by atoms with Crippen molar-refractivity contribution in [1.29, 1.82) is 0 Å². The van der Waals surface area contributed by atoms with Crippen LogP contribution in [-0.2, 0) is 34.9 Å². The van der Waals surface area contributed by atoms with Gasteiger partial charge < -0.3 is 10.6 Å². The van der Waals surface area contributed by atoms with E-state index in [0.717, 1.165) is 24.0 Å². The van der Waals surface area contributed by atoms with E-state index in [1.807, 2.05) is 0 Å². The van der Waals surface area contributed by atoms with Crippen molar-refractivity contribution in [2.24, 2.45) is 4.99 Å². The van der Waals surface area contributed by atoms with Gasteiger partial charge in [0, 0.05) is 26.4 Å². The van der Waals surface area contributed by atoms with Crippen molar-refractivity contribution in [3.8, 4) is 0 Å².